The van der Waals surface area contributed by atoms with Crippen LogP contribution in [0.3, 0.4) is 0 Å². The number of hydrogen-bond acceptors (Lipinski definition) is 3. The van der Waals surface area contributed by atoms with Gasteiger partial charge in [0.25, 0.3) is 0 Å². The minimum Gasteiger partial charge on any atom is -0.341 e. The molecule has 0 radical (unpaired) electrons. The van der Waals surface area contributed by atoms with E-state index in [9.17, 15) is 0 Å². The summed E-state index contributed by atoms with van der Waals surface area (Å²) in [5.41, 5.74) is 4.86. The van der Waals surface area contributed by atoms with Crippen LogP contribution in [0.5, 0.6) is 0 Å². The monoisotopic (exact) mass is 276 g/mol. The van der Waals surface area contributed by atoms with E-state index in [1.54, 1.807) is 6.20 Å². The van der Waals surface area contributed by atoms with E-state index in [2.05, 4.69) is 44.5 Å². The van der Waals surface area contributed by atoms with Gasteiger partial charge in [-0.15, -0.1) is 0 Å². The zero-order chi connectivity index (χ0) is 14.1. The normalized spacial score (nSPS) is 17.4. The summed E-state index contributed by atoms with van der Waals surface area (Å²) < 4.78 is 0. The predicted octanol–water partition coefficient (Wildman–Crippen LogP) is 2.86. The maximum Gasteiger partial charge on any atom is 0.124 e. The van der Waals surface area contributed by atoms with Crippen LogP contribution in [0.2, 0.25) is 0 Å². The number of aromatic nitrogens is 3. The average molecular weight is 276 g/mol. The summed E-state index contributed by atoms with van der Waals surface area (Å²) in [7, 11) is 0. The van der Waals surface area contributed by atoms with Crippen molar-refractivity contribution in [3.05, 3.63) is 71.9 Å². The van der Waals surface area contributed by atoms with Crippen LogP contribution in [0.15, 0.2) is 55.0 Å². The van der Waals surface area contributed by atoms with Gasteiger partial charge in [0.05, 0.1) is 17.9 Å². The maximum atomic E-state index is 4.54. The largest absolute Gasteiger partial charge is 0.341 e. The zero-order valence-electron chi connectivity index (χ0n) is 11.6. The van der Waals surface area contributed by atoms with Gasteiger partial charge in [0.1, 0.15) is 5.82 Å². The Kier molecular flexibility index (Phi) is 3.01. The third-order valence-corrected chi connectivity index (χ3v) is 3.98. The lowest BCUT2D eigenvalue weighted by atomic mass is 9.96. The van der Waals surface area contributed by atoms with Crippen LogP contribution in [0.4, 0.5) is 0 Å². The molecule has 1 aliphatic heterocycles. The second-order valence-electron chi connectivity index (χ2n) is 5.33. The molecule has 104 valence electrons. The van der Waals surface area contributed by atoms with Crippen LogP contribution in [-0.2, 0) is 13.0 Å². The molecule has 2 aromatic heterocycles. The fourth-order valence-corrected chi connectivity index (χ4v) is 2.83. The number of benzene rings is 1. The van der Waals surface area contributed by atoms with E-state index in [0.29, 0.717) is 0 Å². The van der Waals surface area contributed by atoms with Crippen molar-refractivity contribution in [2.45, 2.75) is 19.0 Å². The fourth-order valence-electron chi connectivity index (χ4n) is 2.83. The second-order valence-corrected chi connectivity index (χ2v) is 5.33. The van der Waals surface area contributed by atoms with Gasteiger partial charge in [-0.2, -0.15) is 0 Å². The summed E-state index contributed by atoms with van der Waals surface area (Å²) in [4.78, 5) is 12.1. The molecule has 4 rings (SSSR count). The smallest absolute Gasteiger partial charge is 0.124 e. The molecule has 0 amide bonds. The molecule has 21 heavy (non-hydrogen) atoms. The SMILES string of the molecule is c1cncc(-c2cnc(C3Cc4ccccc4CN3)[nH]2)c1. The molecule has 0 saturated carbocycles. The van der Waals surface area contributed by atoms with Gasteiger partial charge in [-0.05, 0) is 29.7 Å². The zero-order valence-corrected chi connectivity index (χ0v) is 11.6. The van der Waals surface area contributed by atoms with Crippen molar-refractivity contribution in [2.75, 3.05) is 0 Å². The standard InChI is InChI=1S/C17H16N4/c1-2-5-13-10-19-15(8-12(13)4-1)17-20-11-16(21-17)14-6-3-7-18-9-14/h1-7,9,11,15,19H,8,10H2,(H,20,21). The van der Waals surface area contributed by atoms with Gasteiger partial charge in [0.2, 0.25) is 0 Å². The van der Waals surface area contributed by atoms with Crippen LogP contribution in [0.25, 0.3) is 11.3 Å². The Balaban J connectivity index is 1.60. The molecule has 1 atom stereocenters. The Morgan fingerprint density at radius 1 is 1.00 bits per heavy atom. The van der Waals surface area contributed by atoms with Crippen LogP contribution >= 0.6 is 0 Å². The lowest BCUT2D eigenvalue weighted by Gasteiger charge is -2.24. The number of hydrogen-bond donors (Lipinski definition) is 2. The number of pyridine rings is 1. The van der Waals surface area contributed by atoms with Crippen molar-refractivity contribution in [2.24, 2.45) is 0 Å². The maximum absolute atomic E-state index is 4.54. The van der Waals surface area contributed by atoms with Crippen molar-refractivity contribution in [1.82, 2.24) is 20.3 Å². The van der Waals surface area contributed by atoms with Crippen molar-refractivity contribution < 1.29 is 0 Å². The Hall–Kier alpha value is -2.46. The molecular weight excluding hydrogens is 260 g/mol. The Morgan fingerprint density at radius 3 is 2.76 bits per heavy atom. The first kappa shape index (κ1) is 12.3. The summed E-state index contributed by atoms with van der Waals surface area (Å²) in [5.74, 6) is 0.989. The summed E-state index contributed by atoms with van der Waals surface area (Å²) in [6.45, 7) is 0.893. The third-order valence-electron chi connectivity index (χ3n) is 3.98. The first-order valence-electron chi connectivity index (χ1n) is 7.15. The third kappa shape index (κ3) is 2.34. The highest BCUT2D eigenvalue weighted by molar-refractivity contribution is 5.56. The molecule has 1 aliphatic rings. The first-order valence-corrected chi connectivity index (χ1v) is 7.15. The van der Waals surface area contributed by atoms with Crippen LogP contribution in [0.1, 0.15) is 23.0 Å². The lowest BCUT2D eigenvalue weighted by Crippen LogP contribution is -2.29. The van der Waals surface area contributed by atoms with E-state index in [1.807, 2.05) is 24.5 Å². The van der Waals surface area contributed by atoms with E-state index in [1.165, 1.54) is 11.1 Å². The van der Waals surface area contributed by atoms with Crippen LogP contribution in [-0.4, -0.2) is 15.0 Å². The van der Waals surface area contributed by atoms with E-state index in [4.69, 9.17) is 0 Å². The van der Waals surface area contributed by atoms with Gasteiger partial charge >= 0.3 is 0 Å². The van der Waals surface area contributed by atoms with E-state index >= 15 is 0 Å². The highest BCUT2D eigenvalue weighted by Gasteiger charge is 2.21. The van der Waals surface area contributed by atoms with Crippen LogP contribution < -0.4 is 5.32 Å². The number of rotatable bonds is 2. The molecule has 0 aliphatic carbocycles. The summed E-state index contributed by atoms with van der Waals surface area (Å²) in [5, 5.41) is 3.55. The van der Waals surface area contributed by atoms with Gasteiger partial charge in [-0.25, -0.2) is 4.98 Å². The lowest BCUT2D eigenvalue weighted by molar-refractivity contribution is 0.480. The molecule has 0 fully saturated rings. The number of aromatic amines is 1. The summed E-state index contributed by atoms with van der Waals surface area (Å²) in [6, 6.07) is 12.8. The summed E-state index contributed by atoms with van der Waals surface area (Å²) >= 11 is 0. The van der Waals surface area contributed by atoms with Crippen LogP contribution in [0, 0.1) is 0 Å². The number of nitrogens with one attached hydrogen (secondary N) is 2. The first-order chi connectivity index (χ1) is 10.4. The van der Waals surface area contributed by atoms with Gasteiger partial charge in [0, 0.05) is 24.5 Å². The number of imidazole rings is 1. The number of nitrogens with zero attached hydrogens (tertiary/aromatic N) is 2. The minimum atomic E-state index is 0.241. The number of H-pyrrole nitrogens is 1. The van der Waals surface area contributed by atoms with Gasteiger partial charge in [-0.1, -0.05) is 24.3 Å². The van der Waals surface area contributed by atoms with Crippen molar-refractivity contribution in [3.63, 3.8) is 0 Å². The molecule has 3 aromatic rings. The molecule has 1 unspecified atom stereocenters. The Labute approximate surface area is 123 Å². The minimum absolute atomic E-state index is 0.241. The molecule has 0 saturated heterocycles. The second kappa shape index (κ2) is 5.14. The fraction of sp³-hybridized carbons (Fsp3) is 0.176. The Morgan fingerprint density at radius 2 is 1.90 bits per heavy atom. The average Bonchev–Trinajstić information content (AvgIpc) is 3.05. The number of fused-ring (bicyclic) bond motifs is 1. The molecule has 2 N–H and O–H groups in total. The van der Waals surface area contributed by atoms with E-state index in [-0.39, 0.29) is 6.04 Å². The van der Waals surface area contributed by atoms with Crippen molar-refractivity contribution in [3.8, 4) is 11.3 Å². The Bertz CT molecular complexity index is 748. The highest BCUT2D eigenvalue weighted by Crippen LogP contribution is 2.25. The van der Waals surface area contributed by atoms with Gasteiger partial charge in [0.15, 0.2) is 0 Å². The predicted molar refractivity (Wildman–Crippen MR) is 81.5 cm³/mol. The topological polar surface area (TPSA) is 53.6 Å². The van der Waals surface area contributed by atoms with Gasteiger partial charge in [-0.3, -0.25) is 4.98 Å². The molecule has 4 nitrogen and oxygen atoms in total. The highest BCUT2D eigenvalue weighted by atomic mass is 15.0. The molecular formula is C17H16N4. The molecule has 4 heteroatoms. The van der Waals surface area contributed by atoms with Crippen molar-refractivity contribution >= 4 is 0 Å². The van der Waals surface area contributed by atoms with Gasteiger partial charge < -0.3 is 10.3 Å². The van der Waals surface area contributed by atoms with Crippen molar-refractivity contribution in [1.29, 1.82) is 0 Å². The van der Waals surface area contributed by atoms with E-state index in [0.717, 1.165) is 30.0 Å². The molecule has 0 bridgehead atoms. The summed E-state index contributed by atoms with van der Waals surface area (Å²) in [6.07, 6.45) is 6.48. The quantitative estimate of drug-likeness (QED) is 0.756. The molecule has 1 aromatic carbocycles. The molecule has 0 spiro atoms. The van der Waals surface area contributed by atoms with E-state index < -0.39 is 0 Å². The molecule has 3 heterocycles.